The summed E-state index contributed by atoms with van der Waals surface area (Å²) in [4.78, 5) is 18.0. The van der Waals surface area contributed by atoms with Gasteiger partial charge in [0, 0.05) is 18.6 Å². The number of rotatable bonds is 5. The normalized spacial score (nSPS) is 20.3. The van der Waals surface area contributed by atoms with E-state index in [1.165, 1.54) is 12.1 Å². The molecule has 9 nitrogen and oxygen atoms in total. The summed E-state index contributed by atoms with van der Waals surface area (Å²) < 4.78 is 14.2. The Hall–Kier alpha value is -2.16. The third-order valence-corrected chi connectivity index (χ3v) is 4.10. The van der Waals surface area contributed by atoms with Crippen molar-refractivity contribution in [2.45, 2.75) is 18.6 Å². The largest absolute Gasteiger partial charge is 0.511 e. The van der Waals surface area contributed by atoms with Gasteiger partial charge in [0.2, 0.25) is 0 Å². The van der Waals surface area contributed by atoms with Gasteiger partial charge in [0.1, 0.15) is 23.2 Å². The van der Waals surface area contributed by atoms with Gasteiger partial charge in [-0.1, -0.05) is 12.1 Å². The van der Waals surface area contributed by atoms with Crippen molar-refractivity contribution in [3.05, 3.63) is 53.5 Å². The summed E-state index contributed by atoms with van der Waals surface area (Å²) in [7, 11) is -4.93. The Bertz CT molecular complexity index is 775. The predicted octanol–water partition coefficient (Wildman–Crippen LogP) is 1.05. The summed E-state index contributed by atoms with van der Waals surface area (Å²) >= 11 is 0. The number of benzene rings is 1. The molecular weight excluding hydrogens is 353 g/mol. The van der Waals surface area contributed by atoms with Gasteiger partial charge in [0.25, 0.3) is 0 Å². The number of phenols is 1. The minimum Gasteiger partial charge on any atom is -0.511 e. The first-order valence-electron chi connectivity index (χ1n) is 7.17. The van der Waals surface area contributed by atoms with E-state index in [0.29, 0.717) is 5.56 Å². The third-order valence-electron chi connectivity index (χ3n) is 3.61. The van der Waals surface area contributed by atoms with E-state index in [4.69, 9.17) is 9.79 Å². The Morgan fingerprint density at radius 3 is 2.20 bits per heavy atom. The third kappa shape index (κ3) is 5.15. The molecule has 0 bridgehead atoms. The molecule has 25 heavy (non-hydrogen) atoms. The van der Waals surface area contributed by atoms with Crippen molar-refractivity contribution in [1.29, 1.82) is 0 Å². The lowest BCUT2D eigenvalue weighted by molar-refractivity contribution is -0.185. The van der Waals surface area contributed by atoms with Crippen molar-refractivity contribution < 1.29 is 39.9 Å². The second kappa shape index (κ2) is 6.99. The standard InChI is InChI=1S/C15H18NO8P/c17-10-3-1-9(2-4-10)5-6-15(20,21)14-12(16-25(22,23)24)7-11(18)8-13(14)19/h1-4,7-8,14,17-21H,5-6H2,(H2,22,23,24)/b16-12+. The zero-order chi connectivity index (χ0) is 18.8. The number of phenolic OH excluding ortho intramolecular Hbond substituents is 1. The molecule has 0 radical (unpaired) electrons. The number of nitrogens with zero attached hydrogens (tertiary/aromatic N) is 1. The van der Waals surface area contributed by atoms with Crippen LogP contribution in [0.5, 0.6) is 5.75 Å². The highest BCUT2D eigenvalue weighted by Crippen LogP contribution is 2.40. The Morgan fingerprint density at radius 2 is 1.64 bits per heavy atom. The monoisotopic (exact) mass is 371 g/mol. The first-order chi connectivity index (χ1) is 11.5. The Balaban J connectivity index is 2.27. The molecule has 0 fully saturated rings. The van der Waals surface area contributed by atoms with E-state index in [0.717, 1.165) is 12.2 Å². The molecule has 0 aromatic heterocycles. The predicted molar refractivity (Wildman–Crippen MR) is 88.0 cm³/mol. The van der Waals surface area contributed by atoms with Crippen LogP contribution in [0.1, 0.15) is 12.0 Å². The van der Waals surface area contributed by atoms with Crippen LogP contribution < -0.4 is 0 Å². The summed E-state index contributed by atoms with van der Waals surface area (Å²) in [5.74, 6) is -5.41. The van der Waals surface area contributed by atoms with E-state index < -0.39 is 36.7 Å². The first-order valence-corrected chi connectivity index (χ1v) is 8.74. The van der Waals surface area contributed by atoms with Gasteiger partial charge < -0.3 is 35.3 Å². The van der Waals surface area contributed by atoms with Crippen LogP contribution in [-0.2, 0) is 11.0 Å². The quantitative estimate of drug-likeness (QED) is 0.297. The van der Waals surface area contributed by atoms with Crippen LogP contribution in [0, 0.1) is 5.92 Å². The topological polar surface area (TPSA) is 171 Å². The van der Waals surface area contributed by atoms with Gasteiger partial charge in [-0.25, -0.2) is 4.57 Å². The van der Waals surface area contributed by atoms with Crippen molar-refractivity contribution in [1.82, 2.24) is 0 Å². The van der Waals surface area contributed by atoms with Crippen LogP contribution in [0.15, 0.2) is 52.7 Å². The number of allylic oxidation sites excluding steroid dienone is 2. The minimum absolute atomic E-state index is 0.0487. The van der Waals surface area contributed by atoms with Crippen LogP contribution in [0.2, 0.25) is 0 Å². The highest BCUT2D eigenvalue weighted by Gasteiger charge is 2.42. The Kier molecular flexibility index (Phi) is 5.36. The molecule has 2 rings (SSSR count). The maximum absolute atomic E-state index is 11.1. The molecular formula is C15H18NO8P. The summed E-state index contributed by atoms with van der Waals surface area (Å²) in [6.07, 6.45) is 1.50. The Labute approximate surface area is 142 Å². The lowest BCUT2D eigenvalue weighted by atomic mass is 9.84. The first kappa shape index (κ1) is 19.2. The fraction of sp³-hybridized carbons (Fsp3) is 0.267. The van der Waals surface area contributed by atoms with Gasteiger partial charge in [-0.2, -0.15) is 4.76 Å². The summed E-state index contributed by atoms with van der Waals surface area (Å²) in [6.45, 7) is 0. The van der Waals surface area contributed by atoms with Crippen LogP contribution in [0.3, 0.4) is 0 Å². The molecule has 1 unspecified atom stereocenters. The number of aromatic hydroxyl groups is 1. The van der Waals surface area contributed by atoms with E-state index in [1.54, 1.807) is 12.1 Å². The number of aliphatic hydroxyl groups excluding tert-OH is 2. The maximum Gasteiger partial charge on any atom is 0.448 e. The molecule has 10 heteroatoms. The van der Waals surface area contributed by atoms with E-state index in [1.807, 2.05) is 0 Å². The molecule has 0 aliphatic heterocycles. The number of hydrogen-bond donors (Lipinski definition) is 7. The van der Waals surface area contributed by atoms with Gasteiger partial charge in [-0.05, 0) is 24.1 Å². The van der Waals surface area contributed by atoms with Gasteiger partial charge in [-0.15, -0.1) is 0 Å². The molecule has 1 aromatic rings. The Morgan fingerprint density at radius 1 is 1.04 bits per heavy atom. The highest BCUT2D eigenvalue weighted by molar-refractivity contribution is 7.50. The average molecular weight is 371 g/mol. The molecule has 1 aliphatic rings. The van der Waals surface area contributed by atoms with Gasteiger partial charge in [0.05, 0.1) is 5.71 Å². The molecule has 1 aromatic carbocycles. The molecule has 1 atom stereocenters. The second-order valence-electron chi connectivity index (χ2n) is 5.65. The van der Waals surface area contributed by atoms with Gasteiger partial charge in [-0.3, -0.25) is 0 Å². The lowest BCUT2D eigenvalue weighted by Gasteiger charge is -2.32. The molecule has 0 saturated carbocycles. The van der Waals surface area contributed by atoms with E-state index in [-0.39, 0.29) is 18.6 Å². The van der Waals surface area contributed by atoms with Crippen molar-refractivity contribution in [3.63, 3.8) is 0 Å². The van der Waals surface area contributed by atoms with Crippen LogP contribution in [0.4, 0.5) is 0 Å². The van der Waals surface area contributed by atoms with Crippen LogP contribution in [0.25, 0.3) is 0 Å². The molecule has 0 spiro atoms. The summed E-state index contributed by atoms with van der Waals surface area (Å²) in [6, 6.07) is 5.98. The lowest BCUT2D eigenvalue weighted by Crippen LogP contribution is -2.44. The van der Waals surface area contributed by atoms with Crippen molar-refractivity contribution in [2.24, 2.45) is 10.7 Å². The van der Waals surface area contributed by atoms with Crippen molar-refractivity contribution in [2.75, 3.05) is 0 Å². The van der Waals surface area contributed by atoms with Crippen molar-refractivity contribution >= 4 is 13.5 Å². The van der Waals surface area contributed by atoms with Crippen LogP contribution >= 0.6 is 7.75 Å². The zero-order valence-corrected chi connectivity index (χ0v) is 13.8. The van der Waals surface area contributed by atoms with Crippen LogP contribution in [-0.4, -0.2) is 46.8 Å². The fourth-order valence-corrected chi connectivity index (χ4v) is 2.98. The molecule has 1 aliphatic carbocycles. The minimum atomic E-state index is -4.93. The number of hydrogen-bond acceptors (Lipinski definition) is 6. The molecule has 0 amide bonds. The SMILES string of the molecule is O=P(O)(O)/N=C1\C=C(O)C=C(O)C1C(O)(O)CCc1ccc(O)cc1. The molecule has 0 heterocycles. The van der Waals surface area contributed by atoms with Gasteiger partial charge >= 0.3 is 7.75 Å². The number of aliphatic hydroxyl groups is 4. The van der Waals surface area contributed by atoms with Crippen molar-refractivity contribution in [3.8, 4) is 5.75 Å². The maximum atomic E-state index is 11.1. The molecule has 7 N–H and O–H groups in total. The highest BCUT2D eigenvalue weighted by atomic mass is 31.2. The fourth-order valence-electron chi connectivity index (χ4n) is 2.51. The smallest absolute Gasteiger partial charge is 0.448 e. The average Bonchev–Trinajstić information content (AvgIpc) is 2.43. The second-order valence-corrected chi connectivity index (χ2v) is 6.88. The number of aryl methyl sites for hydroxylation is 1. The molecule has 136 valence electrons. The zero-order valence-electron chi connectivity index (χ0n) is 12.9. The molecule has 0 saturated heterocycles. The van der Waals surface area contributed by atoms with Gasteiger partial charge in [0.15, 0.2) is 5.79 Å². The van der Waals surface area contributed by atoms with E-state index >= 15 is 0 Å². The van der Waals surface area contributed by atoms with E-state index in [2.05, 4.69) is 4.76 Å². The summed E-state index contributed by atoms with van der Waals surface area (Å²) in [5, 5.41) is 49.3. The van der Waals surface area contributed by atoms with E-state index in [9.17, 15) is 30.1 Å². The summed E-state index contributed by atoms with van der Waals surface area (Å²) in [5.41, 5.74) is 0.109.